The third-order valence-electron chi connectivity index (χ3n) is 4.49. The Hall–Kier alpha value is -1.79. The number of hydrogen-bond donors (Lipinski definition) is 1. The number of rotatable bonds is 10. The average Bonchev–Trinajstić information content (AvgIpc) is 2.65. The summed E-state index contributed by atoms with van der Waals surface area (Å²) in [6.45, 7) is 11.2. The number of amides is 1. The first-order valence-corrected chi connectivity index (χ1v) is 9.55. The molecule has 2 rings (SSSR count). The molecule has 1 heterocycles. The molecule has 1 saturated heterocycles. The quantitative estimate of drug-likeness (QED) is 0.643. The number of carbonyl (C=O) groups excluding carboxylic acids is 1. The number of benzene rings is 1. The van der Waals surface area contributed by atoms with Gasteiger partial charge in [-0.05, 0) is 36.6 Å². The lowest BCUT2D eigenvalue weighted by molar-refractivity contribution is -0.122. The van der Waals surface area contributed by atoms with Crippen molar-refractivity contribution in [3.05, 3.63) is 24.3 Å². The van der Waals surface area contributed by atoms with Gasteiger partial charge in [0.1, 0.15) is 11.5 Å². The normalized spacial score (nSPS) is 15.8. The summed E-state index contributed by atoms with van der Waals surface area (Å²) >= 11 is 0. The Morgan fingerprint density at radius 1 is 1.08 bits per heavy atom. The van der Waals surface area contributed by atoms with Gasteiger partial charge >= 0.3 is 0 Å². The highest BCUT2D eigenvalue weighted by molar-refractivity contribution is 5.78. The van der Waals surface area contributed by atoms with Crippen LogP contribution in [0.3, 0.4) is 0 Å². The van der Waals surface area contributed by atoms with E-state index in [1.54, 1.807) is 7.11 Å². The number of carbonyl (C=O) groups is 1. The fraction of sp³-hybridized carbons (Fsp3) is 0.650. The predicted molar refractivity (Wildman–Crippen MR) is 104 cm³/mol. The number of ether oxygens (including phenoxy) is 2. The third-order valence-corrected chi connectivity index (χ3v) is 4.49. The molecule has 0 radical (unpaired) electrons. The Morgan fingerprint density at radius 3 is 2.31 bits per heavy atom. The monoisotopic (exact) mass is 363 g/mol. The van der Waals surface area contributed by atoms with Crippen molar-refractivity contribution in [2.24, 2.45) is 5.92 Å². The smallest absolute Gasteiger partial charge is 0.234 e. The molecule has 1 fully saturated rings. The van der Waals surface area contributed by atoms with Gasteiger partial charge in [0.2, 0.25) is 5.91 Å². The van der Waals surface area contributed by atoms with Crippen molar-refractivity contribution < 1.29 is 14.3 Å². The minimum Gasteiger partial charge on any atom is -0.497 e. The molecule has 1 aromatic carbocycles. The van der Waals surface area contributed by atoms with Crippen molar-refractivity contribution in [3.8, 4) is 11.5 Å². The molecular weight excluding hydrogens is 330 g/mol. The van der Waals surface area contributed by atoms with E-state index >= 15 is 0 Å². The number of piperazine rings is 1. The molecule has 6 nitrogen and oxygen atoms in total. The van der Waals surface area contributed by atoms with Crippen LogP contribution in [0.15, 0.2) is 24.3 Å². The summed E-state index contributed by atoms with van der Waals surface area (Å²) in [5.41, 5.74) is 0. The average molecular weight is 364 g/mol. The number of hydrogen-bond acceptors (Lipinski definition) is 5. The van der Waals surface area contributed by atoms with E-state index in [0.29, 0.717) is 19.1 Å². The summed E-state index contributed by atoms with van der Waals surface area (Å²) in [6.07, 6.45) is 1.00. The summed E-state index contributed by atoms with van der Waals surface area (Å²) in [6, 6.07) is 7.68. The first-order valence-electron chi connectivity index (χ1n) is 9.55. The lowest BCUT2D eigenvalue weighted by atomic mass is 10.2. The molecule has 1 amide bonds. The van der Waals surface area contributed by atoms with E-state index in [0.717, 1.165) is 57.2 Å². The molecule has 1 aliphatic heterocycles. The largest absolute Gasteiger partial charge is 0.497 e. The van der Waals surface area contributed by atoms with Crippen LogP contribution in [-0.4, -0.2) is 75.2 Å². The van der Waals surface area contributed by atoms with Crippen LogP contribution in [-0.2, 0) is 4.79 Å². The summed E-state index contributed by atoms with van der Waals surface area (Å²) in [4.78, 5) is 16.6. The second-order valence-electron chi connectivity index (χ2n) is 7.19. The second kappa shape index (κ2) is 11.0. The summed E-state index contributed by atoms with van der Waals surface area (Å²) in [5, 5.41) is 2.99. The molecule has 6 heteroatoms. The highest BCUT2D eigenvalue weighted by atomic mass is 16.5. The van der Waals surface area contributed by atoms with Gasteiger partial charge in [-0.25, -0.2) is 0 Å². The maximum Gasteiger partial charge on any atom is 0.234 e. The maximum absolute atomic E-state index is 11.9. The van der Waals surface area contributed by atoms with Crippen LogP contribution in [0.25, 0.3) is 0 Å². The zero-order chi connectivity index (χ0) is 18.8. The summed E-state index contributed by atoms with van der Waals surface area (Å²) < 4.78 is 10.9. The Morgan fingerprint density at radius 2 is 1.69 bits per heavy atom. The molecule has 1 N–H and O–H groups in total. The zero-order valence-electron chi connectivity index (χ0n) is 16.4. The predicted octanol–water partition coefficient (Wildman–Crippen LogP) is 1.85. The van der Waals surface area contributed by atoms with Gasteiger partial charge in [-0.3, -0.25) is 9.69 Å². The fourth-order valence-corrected chi connectivity index (χ4v) is 2.90. The van der Waals surface area contributed by atoms with Gasteiger partial charge in [-0.1, -0.05) is 13.8 Å². The minimum atomic E-state index is 0.139. The summed E-state index contributed by atoms with van der Waals surface area (Å²) in [7, 11) is 1.66. The van der Waals surface area contributed by atoms with Crippen LogP contribution in [0.4, 0.5) is 0 Å². The highest BCUT2D eigenvalue weighted by Gasteiger charge is 2.18. The fourth-order valence-electron chi connectivity index (χ4n) is 2.90. The van der Waals surface area contributed by atoms with E-state index in [-0.39, 0.29) is 5.91 Å². The number of nitrogens with zero attached hydrogens (tertiary/aromatic N) is 2. The zero-order valence-corrected chi connectivity index (χ0v) is 16.4. The molecule has 0 bridgehead atoms. The van der Waals surface area contributed by atoms with Crippen molar-refractivity contribution in [1.82, 2.24) is 15.1 Å². The van der Waals surface area contributed by atoms with Gasteiger partial charge < -0.3 is 19.7 Å². The Kier molecular flexibility index (Phi) is 8.71. The van der Waals surface area contributed by atoms with Gasteiger partial charge in [0.25, 0.3) is 0 Å². The summed E-state index contributed by atoms with van der Waals surface area (Å²) in [5.74, 6) is 2.35. The first kappa shape index (κ1) is 20.5. The molecule has 0 unspecified atom stereocenters. The molecule has 1 aromatic rings. The lowest BCUT2D eigenvalue weighted by Gasteiger charge is -2.34. The third kappa shape index (κ3) is 7.62. The SMILES string of the molecule is COc1ccc(OCCCN2CCN(CC(=O)NCC(C)C)CC2)cc1. The molecule has 0 aromatic heterocycles. The molecular formula is C20H33N3O3. The molecule has 0 aliphatic carbocycles. The second-order valence-corrected chi connectivity index (χ2v) is 7.19. The minimum absolute atomic E-state index is 0.139. The molecule has 0 saturated carbocycles. The molecule has 26 heavy (non-hydrogen) atoms. The van der Waals surface area contributed by atoms with E-state index in [1.807, 2.05) is 24.3 Å². The van der Waals surface area contributed by atoms with Crippen LogP contribution in [0.2, 0.25) is 0 Å². The molecule has 0 spiro atoms. The van der Waals surface area contributed by atoms with Crippen molar-refractivity contribution in [1.29, 1.82) is 0 Å². The lowest BCUT2D eigenvalue weighted by Crippen LogP contribution is -2.49. The Balaban J connectivity index is 1.55. The van der Waals surface area contributed by atoms with Gasteiger partial charge in [-0.2, -0.15) is 0 Å². The van der Waals surface area contributed by atoms with E-state index in [9.17, 15) is 4.79 Å². The molecule has 146 valence electrons. The first-order chi connectivity index (χ1) is 12.6. The van der Waals surface area contributed by atoms with Crippen LogP contribution < -0.4 is 14.8 Å². The highest BCUT2D eigenvalue weighted by Crippen LogP contribution is 2.17. The van der Waals surface area contributed by atoms with Crippen molar-refractivity contribution in [2.75, 3.05) is 59.5 Å². The Labute approximate surface area is 157 Å². The van der Waals surface area contributed by atoms with Gasteiger partial charge in [0, 0.05) is 39.3 Å². The van der Waals surface area contributed by atoms with Crippen LogP contribution in [0.5, 0.6) is 11.5 Å². The molecule has 0 atom stereocenters. The van der Waals surface area contributed by atoms with Crippen molar-refractivity contribution >= 4 is 5.91 Å². The van der Waals surface area contributed by atoms with Crippen molar-refractivity contribution in [2.45, 2.75) is 20.3 Å². The van der Waals surface area contributed by atoms with Crippen LogP contribution >= 0.6 is 0 Å². The molecule has 1 aliphatic rings. The van der Waals surface area contributed by atoms with E-state index in [2.05, 4.69) is 29.0 Å². The van der Waals surface area contributed by atoms with E-state index < -0.39 is 0 Å². The number of methoxy groups -OCH3 is 1. The van der Waals surface area contributed by atoms with Crippen LogP contribution in [0.1, 0.15) is 20.3 Å². The van der Waals surface area contributed by atoms with Crippen molar-refractivity contribution in [3.63, 3.8) is 0 Å². The number of nitrogens with one attached hydrogen (secondary N) is 1. The van der Waals surface area contributed by atoms with E-state index in [1.165, 1.54) is 0 Å². The van der Waals surface area contributed by atoms with Gasteiger partial charge in [-0.15, -0.1) is 0 Å². The maximum atomic E-state index is 11.9. The topological polar surface area (TPSA) is 54.0 Å². The standard InChI is InChI=1S/C20H33N3O3/c1-17(2)15-21-20(24)16-23-12-10-22(11-13-23)9-4-14-26-19-7-5-18(25-3)6-8-19/h5-8,17H,4,9-16H2,1-3H3,(H,21,24). The van der Waals surface area contributed by atoms with Gasteiger partial charge in [0.05, 0.1) is 20.3 Å². The van der Waals surface area contributed by atoms with Gasteiger partial charge in [0.15, 0.2) is 0 Å². The van der Waals surface area contributed by atoms with E-state index in [4.69, 9.17) is 9.47 Å². The van der Waals surface area contributed by atoms with Crippen LogP contribution in [0, 0.1) is 5.92 Å². The Bertz CT molecular complexity index is 526.